The highest BCUT2D eigenvalue weighted by molar-refractivity contribution is 5.99. The van der Waals surface area contributed by atoms with Crippen molar-refractivity contribution in [1.82, 2.24) is 0 Å². The van der Waals surface area contributed by atoms with Crippen molar-refractivity contribution in [1.29, 1.82) is 0 Å². The third-order valence-corrected chi connectivity index (χ3v) is 4.02. The Morgan fingerprint density at radius 2 is 1.04 bits per heavy atom. The molecule has 0 aliphatic heterocycles. The lowest BCUT2D eigenvalue weighted by atomic mass is 9.95. The molecule has 132 valence electrons. The zero-order valence-electron chi connectivity index (χ0n) is 14.0. The van der Waals surface area contributed by atoms with Crippen molar-refractivity contribution >= 4 is 11.6 Å². The number of phenols is 4. The molecule has 25 heavy (non-hydrogen) atoms. The van der Waals surface area contributed by atoms with E-state index >= 15 is 0 Å². The van der Waals surface area contributed by atoms with E-state index in [1.54, 1.807) is 13.8 Å². The number of carbonyl (C=O) groups excluding carboxylic acids is 2. The maximum absolute atomic E-state index is 11.9. The van der Waals surface area contributed by atoms with Gasteiger partial charge >= 0.3 is 0 Å². The minimum atomic E-state index is -0.315. The number of phenolic OH excluding ortho intramolecular Hbond substituents is 4. The van der Waals surface area contributed by atoms with Crippen LogP contribution in [0.4, 0.5) is 0 Å². The van der Waals surface area contributed by atoms with Crippen LogP contribution in [0.15, 0.2) is 24.3 Å². The molecule has 6 heteroatoms. The maximum Gasteiger partial charge on any atom is 0.166 e. The molecule has 0 heterocycles. The van der Waals surface area contributed by atoms with Gasteiger partial charge in [0, 0.05) is 31.4 Å². The summed E-state index contributed by atoms with van der Waals surface area (Å²) in [4.78, 5) is 23.8. The van der Waals surface area contributed by atoms with Gasteiger partial charge in [0.2, 0.25) is 0 Å². The van der Waals surface area contributed by atoms with E-state index in [0.29, 0.717) is 11.1 Å². The van der Waals surface area contributed by atoms with Gasteiger partial charge in [-0.05, 0) is 23.3 Å². The molecular weight excluding hydrogens is 324 g/mol. The number of ketones is 2. The Morgan fingerprint density at radius 1 is 0.680 bits per heavy atom. The highest BCUT2D eigenvalue weighted by atomic mass is 16.3. The fraction of sp³-hybridized carbons (Fsp3) is 0.263. The SMILES string of the molecule is CCC(=O)c1cc(Cc2cc(C(=O)CC)c(O)cc2O)c(O)cc1O. The summed E-state index contributed by atoms with van der Waals surface area (Å²) in [5.74, 6) is -1.66. The first-order valence-electron chi connectivity index (χ1n) is 7.94. The molecule has 2 rings (SSSR count). The molecule has 0 saturated carbocycles. The Hall–Kier alpha value is -3.02. The van der Waals surface area contributed by atoms with Gasteiger partial charge in [0.1, 0.15) is 23.0 Å². The average Bonchev–Trinajstić information content (AvgIpc) is 2.57. The summed E-state index contributed by atoms with van der Waals surface area (Å²) < 4.78 is 0. The van der Waals surface area contributed by atoms with Crippen LogP contribution in [0.1, 0.15) is 58.5 Å². The summed E-state index contributed by atoms with van der Waals surface area (Å²) in [6.45, 7) is 3.31. The van der Waals surface area contributed by atoms with Gasteiger partial charge in [-0.2, -0.15) is 0 Å². The van der Waals surface area contributed by atoms with Crippen LogP contribution < -0.4 is 0 Å². The van der Waals surface area contributed by atoms with Crippen molar-refractivity contribution in [2.75, 3.05) is 0 Å². The third kappa shape index (κ3) is 3.74. The zero-order chi connectivity index (χ0) is 18.7. The quantitative estimate of drug-likeness (QED) is 0.598. The maximum atomic E-state index is 11.9. The van der Waals surface area contributed by atoms with E-state index in [9.17, 15) is 30.0 Å². The van der Waals surface area contributed by atoms with E-state index in [1.165, 1.54) is 12.1 Å². The molecule has 0 fully saturated rings. The van der Waals surface area contributed by atoms with E-state index in [4.69, 9.17) is 0 Å². The van der Waals surface area contributed by atoms with Crippen LogP contribution in [-0.4, -0.2) is 32.0 Å². The van der Waals surface area contributed by atoms with Gasteiger partial charge in [-0.25, -0.2) is 0 Å². The van der Waals surface area contributed by atoms with Crippen molar-refractivity contribution in [3.8, 4) is 23.0 Å². The van der Waals surface area contributed by atoms with Crippen LogP contribution in [0.5, 0.6) is 23.0 Å². The van der Waals surface area contributed by atoms with Crippen LogP contribution in [0.25, 0.3) is 0 Å². The lowest BCUT2D eigenvalue weighted by Gasteiger charge is -2.12. The monoisotopic (exact) mass is 344 g/mol. The van der Waals surface area contributed by atoms with Crippen LogP contribution in [0.3, 0.4) is 0 Å². The summed E-state index contributed by atoms with van der Waals surface area (Å²) in [6.07, 6.45) is 0.404. The van der Waals surface area contributed by atoms with Gasteiger partial charge in [-0.1, -0.05) is 13.8 Å². The van der Waals surface area contributed by atoms with Gasteiger partial charge in [-0.3, -0.25) is 9.59 Å². The van der Waals surface area contributed by atoms with Crippen LogP contribution in [0.2, 0.25) is 0 Å². The fourth-order valence-electron chi connectivity index (χ4n) is 2.56. The second-order valence-corrected chi connectivity index (χ2v) is 5.73. The molecule has 0 spiro atoms. The van der Waals surface area contributed by atoms with E-state index in [2.05, 4.69) is 0 Å². The number of Topliss-reactive ketones (excluding diaryl/α,β-unsaturated/α-hetero) is 2. The highest BCUT2D eigenvalue weighted by Crippen LogP contribution is 2.34. The standard InChI is InChI=1S/C19H20O6/c1-3-14(20)12-6-10(16(22)8-18(12)24)5-11-7-13(15(21)4-2)19(25)9-17(11)23/h6-9,22-25H,3-5H2,1-2H3. The first kappa shape index (κ1) is 18.3. The minimum absolute atomic E-state index is 0.0201. The van der Waals surface area contributed by atoms with Crippen LogP contribution in [0, 0.1) is 0 Å². The second-order valence-electron chi connectivity index (χ2n) is 5.73. The Kier molecular flexibility index (Phi) is 5.32. The number of hydrogen-bond donors (Lipinski definition) is 4. The predicted molar refractivity (Wildman–Crippen MR) is 91.6 cm³/mol. The molecule has 2 aromatic rings. The van der Waals surface area contributed by atoms with Gasteiger partial charge < -0.3 is 20.4 Å². The van der Waals surface area contributed by atoms with E-state index in [0.717, 1.165) is 12.1 Å². The van der Waals surface area contributed by atoms with Gasteiger partial charge in [-0.15, -0.1) is 0 Å². The number of aromatic hydroxyl groups is 4. The summed E-state index contributed by atoms with van der Waals surface area (Å²) >= 11 is 0. The summed E-state index contributed by atoms with van der Waals surface area (Å²) in [5.41, 5.74) is 0.785. The normalized spacial score (nSPS) is 10.6. The molecule has 2 aromatic carbocycles. The van der Waals surface area contributed by atoms with E-state index in [1.807, 2.05) is 0 Å². The Balaban J connectivity index is 2.49. The molecule has 0 bridgehead atoms. The molecule has 0 atom stereocenters. The van der Waals surface area contributed by atoms with Gasteiger partial charge in [0.05, 0.1) is 11.1 Å². The predicted octanol–water partition coefficient (Wildman–Crippen LogP) is 3.29. The number of benzene rings is 2. The van der Waals surface area contributed by atoms with Gasteiger partial charge in [0.15, 0.2) is 11.6 Å². The molecule has 4 N–H and O–H groups in total. The van der Waals surface area contributed by atoms with E-state index in [-0.39, 0.29) is 65.0 Å². The molecule has 0 unspecified atom stereocenters. The third-order valence-electron chi connectivity index (χ3n) is 4.02. The van der Waals surface area contributed by atoms with Crippen molar-refractivity contribution in [3.63, 3.8) is 0 Å². The lowest BCUT2D eigenvalue weighted by molar-refractivity contribution is 0.0977. The summed E-state index contributed by atoms with van der Waals surface area (Å²) in [5, 5.41) is 39.7. The number of carbonyl (C=O) groups is 2. The van der Waals surface area contributed by atoms with Crippen molar-refractivity contribution in [2.24, 2.45) is 0 Å². The molecule has 0 radical (unpaired) electrons. The zero-order valence-corrected chi connectivity index (χ0v) is 14.0. The summed E-state index contributed by atoms with van der Waals surface area (Å²) in [6, 6.07) is 4.88. The highest BCUT2D eigenvalue weighted by Gasteiger charge is 2.18. The van der Waals surface area contributed by atoms with Crippen molar-refractivity contribution in [3.05, 3.63) is 46.5 Å². The first-order valence-corrected chi connectivity index (χ1v) is 7.94. The topological polar surface area (TPSA) is 115 Å². The Bertz CT molecular complexity index is 769. The summed E-state index contributed by atoms with van der Waals surface area (Å²) in [7, 11) is 0. The number of rotatable bonds is 6. The molecule has 0 aliphatic carbocycles. The number of hydrogen-bond acceptors (Lipinski definition) is 6. The first-order chi connectivity index (χ1) is 11.8. The molecule has 0 aliphatic rings. The van der Waals surface area contributed by atoms with Crippen molar-refractivity contribution < 1.29 is 30.0 Å². The molecule has 0 amide bonds. The molecular formula is C19H20O6. The fourth-order valence-corrected chi connectivity index (χ4v) is 2.56. The van der Waals surface area contributed by atoms with Crippen LogP contribution in [-0.2, 0) is 6.42 Å². The van der Waals surface area contributed by atoms with Gasteiger partial charge in [0.25, 0.3) is 0 Å². The van der Waals surface area contributed by atoms with Crippen molar-refractivity contribution in [2.45, 2.75) is 33.1 Å². The molecule has 6 nitrogen and oxygen atoms in total. The lowest BCUT2D eigenvalue weighted by Crippen LogP contribution is -2.02. The molecule has 0 aromatic heterocycles. The minimum Gasteiger partial charge on any atom is -0.508 e. The Labute approximate surface area is 145 Å². The molecule has 0 saturated heterocycles. The second kappa shape index (κ2) is 7.25. The Morgan fingerprint density at radius 3 is 1.36 bits per heavy atom. The average molecular weight is 344 g/mol. The van der Waals surface area contributed by atoms with E-state index < -0.39 is 0 Å². The van der Waals surface area contributed by atoms with Crippen LogP contribution >= 0.6 is 0 Å². The largest absolute Gasteiger partial charge is 0.508 e. The smallest absolute Gasteiger partial charge is 0.166 e.